The molecule has 0 unspecified atom stereocenters. The monoisotopic (exact) mass is 395 g/mol. The van der Waals surface area contributed by atoms with Crippen LogP contribution in [0.4, 0.5) is 10.1 Å². The van der Waals surface area contributed by atoms with Crippen molar-refractivity contribution in [3.05, 3.63) is 58.3 Å². The molecule has 2 aromatic carbocycles. The van der Waals surface area contributed by atoms with Crippen molar-refractivity contribution in [1.82, 2.24) is 0 Å². The van der Waals surface area contributed by atoms with Gasteiger partial charge in [0.15, 0.2) is 6.10 Å². The smallest absolute Gasteiger partial charge is 0.341 e. The van der Waals surface area contributed by atoms with Crippen LogP contribution in [0.5, 0.6) is 5.75 Å². The molecule has 0 fully saturated rings. The molecule has 0 aliphatic carbocycles. The molecule has 5 nitrogen and oxygen atoms in total. The fraction of sp³-hybridized carbons (Fsp3) is 0.176. The normalized spacial score (nSPS) is 11.5. The van der Waals surface area contributed by atoms with Crippen molar-refractivity contribution in [2.45, 2.75) is 13.0 Å². The quantitative estimate of drug-likeness (QED) is 0.782. The average molecular weight is 396 g/mol. The summed E-state index contributed by atoms with van der Waals surface area (Å²) in [6.45, 7) is 1.40. The van der Waals surface area contributed by atoms with Gasteiger partial charge in [0.2, 0.25) is 0 Å². The molecule has 0 aliphatic rings. The van der Waals surface area contributed by atoms with Crippen molar-refractivity contribution in [1.29, 1.82) is 0 Å². The van der Waals surface area contributed by atoms with E-state index in [-0.39, 0.29) is 5.56 Å². The summed E-state index contributed by atoms with van der Waals surface area (Å²) in [5.74, 6) is -1.72. The highest BCUT2D eigenvalue weighted by Crippen LogP contribution is 2.23. The number of carbonyl (C=O) groups excluding carboxylic acids is 2. The number of hydrogen-bond donors (Lipinski definition) is 1. The van der Waals surface area contributed by atoms with E-state index in [2.05, 4.69) is 21.2 Å². The minimum Gasteiger partial charge on any atom is -0.495 e. The highest BCUT2D eigenvalue weighted by molar-refractivity contribution is 9.10. The van der Waals surface area contributed by atoms with E-state index < -0.39 is 23.8 Å². The van der Waals surface area contributed by atoms with E-state index >= 15 is 0 Å². The fourth-order valence-electron chi connectivity index (χ4n) is 1.91. The van der Waals surface area contributed by atoms with E-state index in [0.29, 0.717) is 15.9 Å². The number of amides is 1. The van der Waals surface area contributed by atoms with Gasteiger partial charge in [-0.3, -0.25) is 4.79 Å². The fourth-order valence-corrected chi connectivity index (χ4v) is 2.25. The molecule has 1 amide bonds. The number of anilines is 1. The number of esters is 1. The van der Waals surface area contributed by atoms with Crippen molar-refractivity contribution >= 4 is 33.5 Å². The zero-order valence-corrected chi connectivity index (χ0v) is 14.6. The van der Waals surface area contributed by atoms with E-state index in [4.69, 9.17) is 9.47 Å². The topological polar surface area (TPSA) is 64.6 Å². The Morgan fingerprint density at radius 3 is 2.58 bits per heavy atom. The number of benzene rings is 2. The summed E-state index contributed by atoms with van der Waals surface area (Å²) < 4.78 is 24.4. The molecule has 1 atom stereocenters. The van der Waals surface area contributed by atoms with Gasteiger partial charge in [0.1, 0.15) is 11.6 Å². The van der Waals surface area contributed by atoms with Crippen molar-refractivity contribution < 1.29 is 23.5 Å². The van der Waals surface area contributed by atoms with Crippen LogP contribution in [-0.4, -0.2) is 25.1 Å². The maximum Gasteiger partial charge on any atom is 0.341 e. The third-order valence-electron chi connectivity index (χ3n) is 3.17. The van der Waals surface area contributed by atoms with Crippen molar-refractivity contribution in [3.8, 4) is 5.75 Å². The average Bonchev–Trinajstić information content (AvgIpc) is 2.55. The lowest BCUT2D eigenvalue weighted by Crippen LogP contribution is -2.30. The second kappa shape index (κ2) is 7.92. The second-order valence-electron chi connectivity index (χ2n) is 4.86. The highest BCUT2D eigenvalue weighted by Gasteiger charge is 2.22. The van der Waals surface area contributed by atoms with E-state index in [1.54, 1.807) is 24.3 Å². The first-order valence-corrected chi connectivity index (χ1v) is 7.81. The van der Waals surface area contributed by atoms with Crippen LogP contribution in [0, 0.1) is 5.82 Å². The number of hydrogen-bond acceptors (Lipinski definition) is 4. The Balaban J connectivity index is 2.04. The molecule has 126 valence electrons. The predicted molar refractivity (Wildman–Crippen MR) is 90.6 cm³/mol. The minimum atomic E-state index is -1.11. The largest absolute Gasteiger partial charge is 0.495 e. The molecule has 0 spiro atoms. The summed E-state index contributed by atoms with van der Waals surface area (Å²) in [7, 11) is 1.48. The first-order chi connectivity index (χ1) is 11.4. The van der Waals surface area contributed by atoms with Crippen molar-refractivity contribution in [3.63, 3.8) is 0 Å². The van der Waals surface area contributed by atoms with Gasteiger partial charge in [-0.15, -0.1) is 0 Å². The van der Waals surface area contributed by atoms with Gasteiger partial charge in [0.25, 0.3) is 5.91 Å². The molecule has 2 aromatic rings. The standard InChI is InChI=1S/C17H15BrFNO4/c1-10(16(21)20-14-5-3-4-6-15(14)23-2)24-17(22)12-8-7-11(18)9-13(12)19/h3-10H,1-2H3,(H,20,21)/t10-/m0/s1. The number of ether oxygens (including phenoxy) is 2. The molecule has 0 saturated heterocycles. The zero-order valence-electron chi connectivity index (χ0n) is 13.0. The van der Waals surface area contributed by atoms with Gasteiger partial charge in [-0.2, -0.15) is 0 Å². The summed E-state index contributed by atoms with van der Waals surface area (Å²) in [5, 5.41) is 2.60. The van der Waals surface area contributed by atoms with Gasteiger partial charge in [0, 0.05) is 4.47 Å². The van der Waals surface area contributed by atoms with Crippen LogP contribution >= 0.6 is 15.9 Å². The van der Waals surface area contributed by atoms with Crippen LogP contribution in [0.25, 0.3) is 0 Å². The Bertz CT molecular complexity index is 766. The molecule has 0 bridgehead atoms. The Labute approximate surface area is 146 Å². The molecular weight excluding hydrogens is 381 g/mol. The van der Waals surface area contributed by atoms with Crippen LogP contribution in [0.3, 0.4) is 0 Å². The molecule has 1 N–H and O–H groups in total. The van der Waals surface area contributed by atoms with Gasteiger partial charge in [-0.25, -0.2) is 9.18 Å². The van der Waals surface area contributed by atoms with Gasteiger partial charge >= 0.3 is 5.97 Å². The lowest BCUT2D eigenvalue weighted by atomic mass is 10.2. The SMILES string of the molecule is COc1ccccc1NC(=O)[C@H](C)OC(=O)c1ccc(Br)cc1F. The lowest BCUT2D eigenvalue weighted by Gasteiger charge is -2.15. The van der Waals surface area contributed by atoms with Crippen LogP contribution in [0.2, 0.25) is 0 Å². The second-order valence-corrected chi connectivity index (χ2v) is 5.78. The molecule has 0 heterocycles. The number of carbonyl (C=O) groups is 2. The van der Waals surface area contributed by atoms with Crippen LogP contribution < -0.4 is 10.1 Å². The molecule has 0 aromatic heterocycles. The molecule has 2 rings (SSSR count). The highest BCUT2D eigenvalue weighted by atomic mass is 79.9. The van der Waals surface area contributed by atoms with E-state index in [1.807, 2.05) is 0 Å². The predicted octanol–water partition coefficient (Wildman–Crippen LogP) is 3.78. The maximum absolute atomic E-state index is 13.8. The van der Waals surface area contributed by atoms with Gasteiger partial charge < -0.3 is 14.8 Å². The van der Waals surface area contributed by atoms with Gasteiger partial charge in [-0.05, 0) is 37.3 Å². The maximum atomic E-state index is 13.8. The molecular formula is C17H15BrFNO4. The summed E-state index contributed by atoms with van der Waals surface area (Å²) >= 11 is 3.10. The summed E-state index contributed by atoms with van der Waals surface area (Å²) in [5.41, 5.74) is 0.206. The molecule has 0 aliphatic heterocycles. The molecule has 0 radical (unpaired) electrons. The van der Waals surface area contributed by atoms with Crippen molar-refractivity contribution in [2.75, 3.05) is 12.4 Å². The Kier molecular flexibility index (Phi) is 5.92. The zero-order chi connectivity index (χ0) is 17.7. The number of halogens is 2. The number of rotatable bonds is 5. The lowest BCUT2D eigenvalue weighted by molar-refractivity contribution is -0.123. The third kappa shape index (κ3) is 4.32. The minimum absolute atomic E-state index is 0.241. The van der Waals surface area contributed by atoms with Crippen LogP contribution in [0.15, 0.2) is 46.9 Å². The summed E-state index contributed by atoms with van der Waals surface area (Å²) in [6.07, 6.45) is -1.11. The first-order valence-electron chi connectivity index (χ1n) is 7.02. The molecule has 24 heavy (non-hydrogen) atoms. The first kappa shape index (κ1) is 17.9. The number of para-hydroxylation sites is 2. The molecule has 7 heteroatoms. The Hall–Kier alpha value is -2.41. The van der Waals surface area contributed by atoms with Gasteiger partial charge in [-0.1, -0.05) is 28.1 Å². The van der Waals surface area contributed by atoms with Crippen LogP contribution in [0.1, 0.15) is 17.3 Å². The number of methoxy groups -OCH3 is 1. The van der Waals surface area contributed by atoms with E-state index in [9.17, 15) is 14.0 Å². The summed E-state index contributed by atoms with van der Waals surface area (Å²) in [6, 6.07) is 10.8. The van der Waals surface area contributed by atoms with Crippen LogP contribution in [-0.2, 0) is 9.53 Å². The number of nitrogens with one attached hydrogen (secondary N) is 1. The Morgan fingerprint density at radius 2 is 1.92 bits per heavy atom. The molecule has 0 saturated carbocycles. The van der Waals surface area contributed by atoms with Crippen molar-refractivity contribution in [2.24, 2.45) is 0 Å². The van der Waals surface area contributed by atoms with E-state index in [1.165, 1.54) is 26.2 Å². The Morgan fingerprint density at radius 1 is 1.21 bits per heavy atom. The van der Waals surface area contributed by atoms with E-state index in [0.717, 1.165) is 6.07 Å². The summed E-state index contributed by atoms with van der Waals surface area (Å²) in [4.78, 5) is 24.1. The third-order valence-corrected chi connectivity index (χ3v) is 3.66. The van der Waals surface area contributed by atoms with Gasteiger partial charge in [0.05, 0.1) is 18.4 Å².